The molecule has 130 valence electrons. The monoisotopic (exact) mass is 331 g/mol. The fourth-order valence-corrected chi connectivity index (χ4v) is 2.98. The predicted molar refractivity (Wildman–Crippen MR) is 94.3 cm³/mol. The van der Waals surface area contributed by atoms with Gasteiger partial charge in [-0.2, -0.15) is 0 Å². The SMILES string of the molecule is CC1(C)OB(c2ccccc2NC(=O)C2CCOCC2)OC1(C)C. The number of rotatable bonds is 3. The van der Waals surface area contributed by atoms with E-state index in [9.17, 15) is 4.79 Å². The topological polar surface area (TPSA) is 56.8 Å². The van der Waals surface area contributed by atoms with Crippen molar-refractivity contribution in [3.63, 3.8) is 0 Å². The maximum absolute atomic E-state index is 12.5. The molecule has 2 saturated heterocycles. The summed E-state index contributed by atoms with van der Waals surface area (Å²) in [5, 5.41) is 3.06. The van der Waals surface area contributed by atoms with Crippen LogP contribution in [0.25, 0.3) is 0 Å². The lowest BCUT2D eigenvalue weighted by atomic mass is 9.77. The maximum Gasteiger partial charge on any atom is 0.496 e. The Morgan fingerprint density at radius 2 is 1.67 bits per heavy atom. The highest BCUT2D eigenvalue weighted by Crippen LogP contribution is 2.37. The zero-order chi connectivity index (χ0) is 17.4. The quantitative estimate of drug-likeness (QED) is 0.864. The van der Waals surface area contributed by atoms with E-state index in [-0.39, 0.29) is 11.8 Å². The van der Waals surface area contributed by atoms with Crippen LogP contribution in [0.3, 0.4) is 0 Å². The molecular formula is C18H26BNO4. The highest BCUT2D eigenvalue weighted by molar-refractivity contribution is 6.64. The van der Waals surface area contributed by atoms with Gasteiger partial charge in [0, 0.05) is 30.3 Å². The number of carbonyl (C=O) groups is 1. The van der Waals surface area contributed by atoms with Crippen molar-refractivity contribution >= 4 is 24.2 Å². The Morgan fingerprint density at radius 3 is 2.29 bits per heavy atom. The summed E-state index contributed by atoms with van der Waals surface area (Å²) >= 11 is 0. The number of carbonyl (C=O) groups excluding carboxylic acids is 1. The third kappa shape index (κ3) is 3.36. The maximum atomic E-state index is 12.5. The summed E-state index contributed by atoms with van der Waals surface area (Å²) in [4.78, 5) is 12.5. The smallest absolute Gasteiger partial charge is 0.399 e. The fraction of sp³-hybridized carbons (Fsp3) is 0.611. The molecule has 24 heavy (non-hydrogen) atoms. The number of anilines is 1. The van der Waals surface area contributed by atoms with Gasteiger partial charge in [0.1, 0.15) is 0 Å². The molecule has 0 bridgehead atoms. The standard InChI is InChI=1S/C18H26BNO4/c1-17(2)18(3,4)24-19(23-17)14-7-5-6-8-15(14)20-16(21)13-9-11-22-12-10-13/h5-8,13H,9-12H2,1-4H3,(H,20,21). The number of hydrogen-bond donors (Lipinski definition) is 1. The molecule has 5 nitrogen and oxygen atoms in total. The minimum atomic E-state index is -0.485. The van der Waals surface area contributed by atoms with Gasteiger partial charge in [-0.15, -0.1) is 0 Å². The molecular weight excluding hydrogens is 305 g/mol. The van der Waals surface area contributed by atoms with Gasteiger partial charge in [0.2, 0.25) is 5.91 Å². The van der Waals surface area contributed by atoms with Crippen molar-refractivity contribution < 1.29 is 18.8 Å². The molecule has 2 aliphatic heterocycles. The van der Waals surface area contributed by atoms with E-state index in [1.165, 1.54) is 0 Å². The molecule has 3 rings (SSSR count). The van der Waals surface area contributed by atoms with Crippen molar-refractivity contribution in [2.45, 2.75) is 51.7 Å². The Bertz CT molecular complexity index is 595. The van der Waals surface area contributed by atoms with Gasteiger partial charge in [0.15, 0.2) is 0 Å². The first-order valence-corrected chi connectivity index (χ1v) is 8.63. The van der Waals surface area contributed by atoms with E-state index in [2.05, 4.69) is 5.32 Å². The molecule has 2 heterocycles. The second kappa shape index (κ2) is 6.50. The largest absolute Gasteiger partial charge is 0.496 e. The van der Waals surface area contributed by atoms with Gasteiger partial charge in [0.25, 0.3) is 0 Å². The van der Waals surface area contributed by atoms with Crippen LogP contribution in [0.5, 0.6) is 0 Å². The number of nitrogens with one attached hydrogen (secondary N) is 1. The van der Waals surface area contributed by atoms with E-state index in [1.807, 2.05) is 52.0 Å². The molecule has 1 N–H and O–H groups in total. The number of ether oxygens (including phenoxy) is 1. The third-order valence-corrected chi connectivity index (χ3v) is 5.32. The lowest BCUT2D eigenvalue weighted by Crippen LogP contribution is -2.41. The van der Waals surface area contributed by atoms with Crippen LogP contribution in [0.1, 0.15) is 40.5 Å². The average Bonchev–Trinajstić information content (AvgIpc) is 2.76. The zero-order valence-corrected chi connectivity index (χ0v) is 14.9. The number of hydrogen-bond acceptors (Lipinski definition) is 4. The summed E-state index contributed by atoms with van der Waals surface area (Å²) in [6, 6.07) is 7.69. The van der Waals surface area contributed by atoms with Crippen molar-refractivity contribution in [2.24, 2.45) is 5.92 Å². The summed E-state index contributed by atoms with van der Waals surface area (Å²) < 4.78 is 17.6. The van der Waals surface area contributed by atoms with Crippen LogP contribution in [-0.2, 0) is 18.8 Å². The van der Waals surface area contributed by atoms with Gasteiger partial charge < -0.3 is 19.4 Å². The van der Waals surface area contributed by atoms with Crippen LogP contribution in [0.2, 0.25) is 0 Å². The summed E-state index contributed by atoms with van der Waals surface area (Å²) in [5.74, 6) is 0.0485. The fourth-order valence-electron chi connectivity index (χ4n) is 2.98. The molecule has 0 saturated carbocycles. The minimum absolute atomic E-state index is 0.00472. The van der Waals surface area contributed by atoms with E-state index in [0.29, 0.717) is 13.2 Å². The molecule has 1 aromatic carbocycles. The summed E-state index contributed by atoms with van der Waals surface area (Å²) in [6.07, 6.45) is 1.54. The number of amides is 1. The van der Waals surface area contributed by atoms with Crippen LogP contribution >= 0.6 is 0 Å². The Kier molecular flexibility index (Phi) is 4.73. The molecule has 0 aromatic heterocycles. The van der Waals surface area contributed by atoms with Gasteiger partial charge in [-0.3, -0.25) is 4.79 Å². The molecule has 0 aliphatic carbocycles. The van der Waals surface area contributed by atoms with Crippen LogP contribution in [0.15, 0.2) is 24.3 Å². The third-order valence-electron chi connectivity index (χ3n) is 5.32. The zero-order valence-electron chi connectivity index (χ0n) is 14.9. The molecule has 6 heteroatoms. The Labute approximate surface area is 144 Å². The predicted octanol–water partition coefficient (Wildman–Crippen LogP) is 2.35. The first-order chi connectivity index (χ1) is 11.3. The van der Waals surface area contributed by atoms with Gasteiger partial charge in [-0.1, -0.05) is 18.2 Å². The highest BCUT2D eigenvalue weighted by atomic mass is 16.7. The molecule has 0 atom stereocenters. The first-order valence-electron chi connectivity index (χ1n) is 8.63. The first kappa shape index (κ1) is 17.5. The lowest BCUT2D eigenvalue weighted by Gasteiger charge is -2.32. The Hall–Kier alpha value is -1.37. The van der Waals surface area contributed by atoms with Gasteiger partial charge in [-0.25, -0.2) is 0 Å². The second-order valence-electron chi connectivity index (χ2n) is 7.55. The Balaban J connectivity index is 1.78. The van der Waals surface area contributed by atoms with Gasteiger partial charge in [-0.05, 0) is 46.6 Å². The second-order valence-corrected chi connectivity index (χ2v) is 7.55. The summed E-state index contributed by atoms with van der Waals surface area (Å²) in [6.45, 7) is 9.40. The van der Waals surface area contributed by atoms with E-state index in [4.69, 9.17) is 14.0 Å². The van der Waals surface area contributed by atoms with Crippen molar-refractivity contribution in [3.8, 4) is 0 Å². The van der Waals surface area contributed by atoms with Crippen LogP contribution < -0.4 is 10.8 Å². The highest BCUT2D eigenvalue weighted by Gasteiger charge is 2.52. The van der Waals surface area contributed by atoms with Crippen molar-refractivity contribution in [2.75, 3.05) is 18.5 Å². The van der Waals surface area contributed by atoms with E-state index >= 15 is 0 Å². The average molecular weight is 331 g/mol. The van der Waals surface area contributed by atoms with Gasteiger partial charge in [0.05, 0.1) is 11.2 Å². The summed E-state index contributed by atoms with van der Waals surface area (Å²) in [7, 11) is -0.485. The molecule has 2 aliphatic rings. The van der Waals surface area contributed by atoms with E-state index in [0.717, 1.165) is 24.0 Å². The molecule has 1 aromatic rings. The number of para-hydroxylation sites is 1. The van der Waals surface area contributed by atoms with Gasteiger partial charge >= 0.3 is 7.12 Å². The van der Waals surface area contributed by atoms with Crippen LogP contribution in [0, 0.1) is 5.92 Å². The van der Waals surface area contributed by atoms with E-state index in [1.54, 1.807) is 0 Å². The molecule has 1 amide bonds. The Morgan fingerprint density at radius 1 is 1.08 bits per heavy atom. The summed E-state index contributed by atoms with van der Waals surface area (Å²) in [5.41, 5.74) is 0.800. The van der Waals surface area contributed by atoms with Crippen LogP contribution in [0.4, 0.5) is 5.69 Å². The van der Waals surface area contributed by atoms with Crippen molar-refractivity contribution in [3.05, 3.63) is 24.3 Å². The minimum Gasteiger partial charge on any atom is -0.399 e. The van der Waals surface area contributed by atoms with E-state index < -0.39 is 18.3 Å². The lowest BCUT2D eigenvalue weighted by molar-refractivity contribution is -0.122. The molecule has 2 fully saturated rings. The molecule has 0 radical (unpaired) electrons. The van der Waals surface area contributed by atoms with Crippen LogP contribution in [-0.4, -0.2) is 37.4 Å². The molecule has 0 unspecified atom stereocenters. The normalized spacial score (nSPS) is 23.2. The van der Waals surface area contributed by atoms with Crippen molar-refractivity contribution in [1.29, 1.82) is 0 Å². The molecule has 0 spiro atoms. The number of benzene rings is 1. The van der Waals surface area contributed by atoms with Crippen molar-refractivity contribution in [1.82, 2.24) is 0 Å².